The third kappa shape index (κ3) is 7.61. The lowest BCUT2D eigenvalue weighted by molar-refractivity contribution is -0.151. The zero-order valence-electron chi connectivity index (χ0n) is 9.01. The summed E-state index contributed by atoms with van der Waals surface area (Å²) in [5, 5.41) is 17.3. The van der Waals surface area contributed by atoms with E-state index in [0.717, 1.165) is 0 Å². The zero-order valence-corrected chi connectivity index (χ0v) is 9.83. The standard InChI is InChI=1S/C9H18O5S/c1-3-7(4-10)14-9(13-2)6-15-5-8(11)12/h7,9-10H,3-6H2,1-2H3,(H,11,12). The van der Waals surface area contributed by atoms with Gasteiger partial charge in [0.05, 0.1) is 18.5 Å². The van der Waals surface area contributed by atoms with Crippen molar-refractivity contribution in [3.63, 3.8) is 0 Å². The maximum Gasteiger partial charge on any atom is 0.313 e. The average molecular weight is 238 g/mol. The summed E-state index contributed by atoms with van der Waals surface area (Å²) >= 11 is 1.23. The van der Waals surface area contributed by atoms with E-state index in [0.29, 0.717) is 12.2 Å². The lowest BCUT2D eigenvalue weighted by Crippen LogP contribution is -2.28. The largest absolute Gasteiger partial charge is 0.481 e. The monoisotopic (exact) mass is 238 g/mol. The van der Waals surface area contributed by atoms with E-state index in [1.54, 1.807) is 0 Å². The van der Waals surface area contributed by atoms with Crippen LogP contribution in [0.15, 0.2) is 0 Å². The van der Waals surface area contributed by atoms with Gasteiger partial charge in [0, 0.05) is 12.9 Å². The van der Waals surface area contributed by atoms with Crippen molar-refractivity contribution >= 4 is 17.7 Å². The number of carboxylic acid groups (broad SMARTS) is 1. The Morgan fingerprint density at radius 2 is 2.20 bits per heavy atom. The summed E-state index contributed by atoms with van der Waals surface area (Å²) in [5.74, 6) is -0.387. The summed E-state index contributed by atoms with van der Waals surface area (Å²) in [6.07, 6.45) is -0.0215. The van der Waals surface area contributed by atoms with Crippen LogP contribution in [0.25, 0.3) is 0 Å². The van der Waals surface area contributed by atoms with Crippen LogP contribution in [-0.2, 0) is 14.3 Å². The highest BCUT2D eigenvalue weighted by Gasteiger charge is 2.14. The van der Waals surface area contributed by atoms with E-state index in [4.69, 9.17) is 19.7 Å². The molecule has 0 aromatic carbocycles. The molecule has 15 heavy (non-hydrogen) atoms. The van der Waals surface area contributed by atoms with E-state index >= 15 is 0 Å². The number of aliphatic carboxylic acids is 1. The Morgan fingerprint density at radius 3 is 2.60 bits per heavy atom. The van der Waals surface area contributed by atoms with Gasteiger partial charge >= 0.3 is 5.97 Å². The summed E-state index contributed by atoms with van der Waals surface area (Å²) in [5.41, 5.74) is 0. The van der Waals surface area contributed by atoms with Crippen molar-refractivity contribution in [2.24, 2.45) is 0 Å². The normalized spacial score (nSPS) is 14.9. The molecule has 5 nitrogen and oxygen atoms in total. The van der Waals surface area contributed by atoms with E-state index in [2.05, 4.69) is 0 Å². The summed E-state index contributed by atoms with van der Waals surface area (Å²) in [7, 11) is 1.50. The molecule has 2 unspecified atom stereocenters. The molecule has 2 atom stereocenters. The first-order valence-electron chi connectivity index (χ1n) is 4.72. The fraction of sp³-hybridized carbons (Fsp3) is 0.889. The van der Waals surface area contributed by atoms with Crippen molar-refractivity contribution in [3.8, 4) is 0 Å². The topological polar surface area (TPSA) is 76.0 Å². The van der Waals surface area contributed by atoms with Gasteiger partial charge in [-0.05, 0) is 6.42 Å². The zero-order chi connectivity index (χ0) is 11.7. The smallest absolute Gasteiger partial charge is 0.313 e. The first-order chi connectivity index (χ1) is 7.13. The second-order valence-corrected chi connectivity index (χ2v) is 3.95. The molecule has 0 amide bonds. The molecule has 90 valence electrons. The van der Waals surface area contributed by atoms with Gasteiger partial charge in [0.15, 0.2) is 6.29 Å². The van der Waals surface area contributed by atoms with Gasteiger partial charge in [-0.25, -0.2) is 0 Å². The molecule has 0 saturated heterocycles. The van der Waals surface area contributed by atoms with Crippen LogP contribution in [0.5, 0.6) is 0 Å². The number of rotatable bonds is 9. The van der Waals surface area contributed by atoms with Crippen molar-refractivity contribution in [2.75, 3.05) is 25.2 Å². The fourth-order valence-corrected chi connectivity index (χ4v) is 1.59. The number of methoxy groups -OCH3 is 1. The Balaban J connectivity index is 3.76. The quantitative estimate of drug-likeness (QED) is 0.572. The number of thioether (sulfide) groups is 1. The molecule has 0 heterocycles. The molecule has 2 N–H and O–H groups in total. The summed E-state index contributed by atoms with van der Waals surface area (Å²) in [6.45, 7) is 1.85. The molecule has 0 spiro atoms. The summed E-state index contributed by atoms with van der Waals surface area (Å²) in [6, 6.07) is 0. The number of aliphatic hydroxyl groups excluding tert-OH is 1. The Labute approximate surface area is 93.8 Å². The number of aliphatic hydroxyl groups is 1. The van der Waals surface area contributed by atoms with Gasteiger partial charge in [-0.2, -0.15) is 0 Å². The van der Waals surface area contributed by atoms with Gasteiger partial charge in [-0.1, -0.05) is 6.92 Å². The molecule has 0 fully saturated rings. The van der Waals surface area contributed by atoms with Crippen LogP contribution < -0.4 is 0 Å². The maximum atomic E-state index is 10.3. The van der Waals surface area contributed by atoms with Crippen molar-refractivity contribution in [2.45, 2.75) is 25.7 Å². The maximum absolute atomic E-state index is 10.3. The lowest BCUT2D eigenvalue weighted by Gasteiger charge is -2.21. The Kier molecular flexibility index (Phi) is 8.79. The van der Waals surface area contributed by atoms with E-state index < -0.39 is 12.3 Å². The number of carboxylic acids is 1. The number of ether oxygens (including phenoxy) is 2. The molecule has 0 aromatic heterocycles. The number of hydrogen-bond acceptors (Lipinski definition) is 5. The number of hydrogen-bond donors (Lipinski definition) is 2. The Bertz CT molecular complexity index is 172. The first kappa shape index (κ1) is 14.7. The molecular formula is C9H18O5S. The van der Waals surface area contributed by atoms with Crippen molar-refractivity contribution in [1.29, 1.82) is 0 Å². The minimum Gasteiger partial charge on any atom is -0.481 e. The van der Waals surface area contributed by atoms with E-state index in [9.17, 15) is 4.79 Å². The molecule has 0 radical (unpaired) electrons. The molecule has 0 aromatic rings. The first-order valence-corrected chi connectivity index (χ1v) is 5.88. The highest BCUT2D eigenvalue weighted by atomic mass is 32.2. The van der Waals surface area contributed by atoms with Crippen molar-refractivity contribution < 1.29 is 24.5 Å². The second-order valence-electron chi connectivity index (χ2n) is 2.92. The fourth-order valence-electron chi connectivity index (χ4n) is 0.888. The number of carbonyl (C=O) groups is 1. The Hall–Kier alpha value is -0.300. The molecule has 0 rings (SSSR count). The predicted octanol–water partition coefficient (Wildman–Crippen LogP) is 0.564. The van der Waals surface area contributed by atoms with Crippen LogP contribution in [0.3, 0.4) is 0 Å². The highest BCUT2D eigenvalue weighted by molar-refractivity contribution is 7.99. The van der Waals surface area contributed by atoms with E-state index in [-0.39, 0.29) is 18.5 Å². The van der Waals surface area contributed by atoms with Crippen LogP contribution in [0.4, 0.5) is 0 Å². The molecule has 0 aliphatic carbocycles. The van der Waals surface area contributed by atoms with E-state index in [1.807, 2.05) is 6.92 Å². The van der Waals surface area contributed by atoms with Crippen LogP contribution >= 0.6 is 11.8 Å². The summed E-state index contributed by atoms with van der Waals surface area (Å²) in [4.78, 5) is 10.3. The third-order valence-electron chi connectivity index (χ3n) is 1.75. The second kappa shape index (κ2) is 8.96. The third-order valence-corrected chi connectivity index (χ3v) is 2.70. The van der Waals surface area contributed by atoms with Gasteiger partial charge in [0.25, 0.3) is 0 Å². The van der Waals surface area contributed by atoms with Gasteiger partial charge < -0.3 is 19.7 Å². The lowest BCUT2D eigenvalue weighted by atomic mass is 10.3. The average Bonchev–Trinajstić information content (AvgIpc) is 2.22. The minimum atomic E-state index is -0.857. The Morgan fingerprint density at radius 1 is 1.53 bits per heavy atom. The summed E-state index contributed by atoms with van der Waals surface area (Å²) < 4.78 is 10.4. The van der Waals surface area contributed by atoms with Gasteiger partial charge in [0.2, 0.25) is 0 Å². The van der Waals surface area contributed by atoms with Crippen LogP contribution in [-0.4, -0.2) is 53.8 Å². The SMILES string of the molecule is CCC(CO)OC(CSCC(=O)O)OC. The molecular weight excluding hydrogens is 220 g/mol. The van der Waals surface area contributed by atoms with Gasteiger partial charge in [-0.15, -0.1) is 11.8 Å². The van der Waals surface area contributed by atoms with Crippen molar-refractivity contribution in [1.82, 2.24) is 0 Å². The van der Waals surface area contributed by atoms with E-state index in [1.165, 1.54) is 18.9 Å². The molecule has 0 saturated carbocycles. The minimum absolute atomic E-state index is 0.0269. The van der Waals surface area contributed by atoms with Crippen molar-refractivity contribution in [3.05, 3.63) is 0 Å². The highest BCUT2D eigenvalue weighted by Crippen LogP contribution is 2.10. The molecule has 0 aliphatic heterocycles. The predicted molar refractivity (Wildman–Crippen MR) is 58.0 cm³/mol. The molecule has 6 heteroatoms. The molecule has 0 aliphatic rings. The van der Waals surface area contributed by atoms with Crippen LogP contribution in [0.1, 0.15) is 13.3 Å². The van der Waals surface area contributed by atoms with Gasteiger partial charge in [-0.3, -0.25) is 4.79 Å². The molecule has 0 bridgehead atoms. The van der Waals surface area contributed by atoms with Gasteiger partial charge in [0.1, 0.15) is 0 Å². The van der Waals surface area contributed by atoms with Crippen LogP contribution in [0.2, 0.25) is 0 Å². The van der Waals surface area contributed by atoms with Crippen LogP contribution in [0, 0.1) is 0 Å².